The number of aromatic amines is 1. The highest BCUT2D eigenvalue weighted by Crippen LogP contribution is 2.38. The number of imidazole rings is 1. The van der Waals surface area contributed by atoms with Crippen LogP contribution in [0.2, 0.25) is 0 Å². The van der Waals surface area contributed by atoms with E-state index < -0.39 is 0 Å². The zero-order valence-electron chi connectivity index (χ0n) is 13.0. The minimum atomic E-state index is -0.225. The molecular weight excluding hydrogens is 309 g/mol. The average Bonchev–Trinajstić information content (AvgIpc) is 3.03. The van der Waals surface area contributed by atoms with Gasteiger partial charge in [0.2, 0.25) is 0 Å². The molecule has 5 heteroatoms. The lowest BCUT2D eigenvalue weighted by Gasteiger charge is -2.21. The Morgan fingerprint density at radius 2 is 2.04 bits per heavy atom. The third-order valence-corrected chi connectivity index (χ3v) is 4.73. The number of pyridine rings is 1. The summed E-state index contributed by atoms with van der Waals surface area (Å²) in [4.78, 5) is 13.9. The second kappa shape index (κ2) is 6.96. The zero-order chi connectivity index (χ0) is 16.2. The molecule has 0 aliphatic heterocycles. The third kappa shape index (κ3) is 3.62. The molecule has 1 N–H and O–H groups in total. The van der Waals surface area contributed by atoms with Crippen molar-refractivity contribution in [3.05, 3.63) is 72.3 Å². The lowest BCUT2D eigenvalue weighted by molar-refractivity contribution is 0.535. The highest BCUT2D eigenvalue weighted by atomic mass is 32.2. The maximum Gasteiger partial charge on any atom is 0.124 e. The summed E-state index contributed by atoms with van der Waals surface area (Å²) in [5.41, 5.74) is 1.10. The second-order valence-corrected chi connectivity index (χ2v) is 6.78. The molecule has 1 unspecified atom stereocenters. The van der Waals surface area contributed by atoms with Gasteiger partial charge in [0.15, 0.2) is 0 Å². The van der Waals surface area contributed by atoms with E-state index in [2.05, 4.69) is 28.8 Å². The van der Waals surface area contributed by atoms with E-state index in [0.29, 0.717) is 5.92 Å². The predicted molar refractivity (Wildman–Crippen MR) is 90.0 cm³/mol. The van der Waals surface area contributed by atoms with Gasteiger partial charge >= 0.3 is 0 Å². The van der Waals surface area contributed by atoms with Crippen LogP contribution < -0.4 is 0 Å². The Balaban J connectivity index is 1.99. The number of hydrogen-bond donors (Lipinski definition) is 1. The molecule has 3 nitrogen and oxygen atoms in total. The molecule has 0 saturated carbocycles. The lowest BCUT2D eigenvalue weighted by atomic mass is 9.89. The molecule has 0 bridgehead atoms. The van der Waals surface area contributed by atoms with Gasteiger partial charge in [-0.1, -0.05) is 31.7 Å². The van der Waals surface area contributed by atoms with E-state index in [1.807, 2.05) is 24.5 Å². The molecule has 23 heavy (non-hydrogen) atoms. The number of rotatable bonds is 5. The fourth-order valence-corrected chi connectivity index (χ4v) is 3.65. The fourth-order valence-electron chi connectivity index (χ4n) is 2.65. The Morgan fingerprint density at radius 1 is 1.17 bits per heavy atom. The van der Waals surface area contributed by atoms with E-state index >= 15 is 0 Å². The zero-order valence-corrected chi connectivity index (χ0v) is 13.8. The van der Waals surface area contributed by atoms with Crippen LogP contribution in [0.5, 0.6) is 0 Å². The van der Waals surface area contributed by atoms with E-state index in [1.54, 1.807) is 36.3 Å². The Morgan fingerprint density at radius 3 is 2.74 bits per heavy atom. The number of nitrogens with zero attached hydrogens (tertiary/aromatic N) is 2. The number of hydrogen-bond acceptors (Lipinski definition) is 3. The Bertz CT molecular complexity index is 771. The lowest BCUT2D eigenvalue weighted by Crippen LogP contribution is -2.12. The number of benzene rings is 1. The Kier molecular flexibility index (Phi) is 4.76. The topological polar surface area (TPSA) is 41.6 Å². The molecule has 0 saturated heterocycles. The summed E-state index contributed by atoms with van der Waals surface area (Å²) in [6.07, 6.45) is 7.25. The van der Waals surface area contributed by atoms with Crippen molar-refractivity contribution in [1.82, 2.24) is 15.0 Å². The van der Waals surface area contributed by atoms with Crippen molar-refractivity contribution >= 4 is 11.8 Å². The summed E-state index contributed by atoms with van der Waals surface area (Å²) < 4.78 is 13.4. The fraction of sp³-hybridized carbons (Fsp3) is 0.222. The van der Waals surface area contributed by atoms with E-state index in [9.17, 15) is 4.39 Å². The quantitative estimate of drug-likeness (QED) is 0.726. The first kappa shape index (κ1) is 15.7. The molecular formula is C18H18FN3S. The highest BCUT2D eigenvalue weighted by Gasteiger charge is 2.23. The molecule has 0 aliphatic carbocycles. The number of aromatic nitrogens is 3. The van der Waals surface area contributed by atoms with Crippen LogP contribution in [-0.2, 0) is 0 Å². The molecule has 0 amide bonds. The van der Waals surface area contributed by atoms with E-state index in [1.165, 1.54) is 6.07 Å². The standard InChI is InChI=1S/C18H18FN3S/c1-12(2)17(18-21-8-9-22-18)15-11-20-7-6-16(15)23-14-5-3-4-13(19)10-14/h3-12,17H,1-2H3,(H,21,22). The van der Waals surface area contributed by atoms with Crippen LogP contribution in [0.3, 0.4) is 0 Å². The maximum atomic E-state index is 13.4. The molecule has 1 atom stereocenters. The van der Waals surface area contributed by atoms with Crippen molar-refractivity contribution in [2.75, 3.05) is 0 Å². The summed E-state index contributed by atoms with van der Waals surface area (Å²) in [5, 5.41) is 0. The van der Waals surface area contributed by atoms with Crippen molar-refractivity contribution in [2.24, 2.45) is 5.92 Å². The normalized spacial score (nSPS) is 12.5. The van der Waals surface area contributed by atoms with Crippen molar-refractivity contribution in [2.45, 2.75) is 29.6 Å². The molecule has 118 valence electrons. The third-order valence-electron chi connectivity index (χ3n) is 3.65. The van der Waals surface area contributed by atoms with Crippen molar-refractivity contribution < 1.29 is 4.39 Å². The minimum absolute atomic E-state index is 0.120. The van der Waals surface area contributed by atoms with Gasteiger partial charge in [-0.15, -0.1) is 0 Å². The van der Waals surface area contributed by atoms with Crippen LogP contribution >= 0.6 is 11.8 Å². The molecule has 3 rings (SSSR count). The summed E-state index contributed by atoms with van der Waals surface area (Å²) in [7, 11) is 0. The van der Waals surface area contributed by atoms with Gasteiger partial charge in [0.1, 0.15) is 11.6 Å². The van der Waals surface area contributed by atoms with E-state index in [4.69, 9.17) is 0 Å². The van der Waals surface area contributed by atoms with E-state index in [0.717, 1.165) is 21.2 Å². The van der Waals surface area contributed by atoms with Crippen molar-refractivity contribution in [1.29, 1.82) is 0 Å². The number of H-pyrrole nitrogens is 1. The first-order chi connectivity index (χ1) is 11.1. The van der Waals surface area contributed by atoms with Gasteiger partial charge in [0.25, 0.3) is 0 Å². The molecule has 0 radical (unpaired) electrons. The summed E-state index contributed by atoms with van der Waals surface area (Å²) in [6.45, 7) is 4.33. The van der Waals surface area contributed by atoms with Gasteiger partial charge in [-0.25, -0.2) is 9.37 Å². The molecule has 3 aromatic rings. The van der Waals surface area contributed by atoms with Gasteiger partial charge in [0.05, 0.1) is 0 Å². The summed E-state index contributed by atoms with van der Waals surface area (Å²) in [5.74, 6) is 1.18. The van der Waals surface area contributed by atoms with E-state index in [-0.39, 0.29) is 11.7 Å². The predicted octanol–water partition coefficient (Wildman–Crippen LogP) is 4.88. The first-order valence-electron chi connectivity index (χ1n) is 7.51. The molecule has 2 heterocycles. The molecule has 2 aromatic heterocycles. The molecule has 0 aliphatic rings. The van der Waals surface area contributed by atoms with Crippen LogP contribution in [0.1, 0.15) is 31.2 Å². The first-order valence-corrected chi connectivity index (χ1v) is 8.33. The van der Waals surface area contributed by atoms with Crippen LogP contribution in [0, 0.1) is 11.7 Å². The Hall–Kier alpha value is -2.14. The summed E-state index contributed by atoms with van der Waals surface area (Å²) >= 11 is 1.55. The number of halogens is 1. The number of nitrogens with one attached hydrogen (secondary N) is 1. The monoisotopic (exact) mass is 327 g/mol. The van der Waals surface area contributed by atoms with Gasteiger partial charge in [-0.05, 0) is 35.7 Å². The van der Waals surface area contributed by atoms with Crippen molar-refractivity contribution in [3.63, 3.8) is 0 Å². The summed E-state index contributed by atoms with van der Waals surface area (Å²) in [6, 6.07) is 8.62. The molecule has 0 fully saturated rings. The van der Waals surface area contributed by atoms with Crippen LogP contribution in [0.4, 0.5) is 4.39 Å². The largest absolute Gasteiger partial charge is 0.348 e. The molecule has 0 spiro atoms. The Labute approximate surface area is 139 Å². The second-order valence-electron chi connectivity index (χ2n) is 5.67. The van der Waals surface area contributed by atoms with Gasteiger partial charge in [-0.2, -0.15) is 0 Å². The molecule has 1 aromatic carbocycles. The van der Waals surface area contributed by atoms with Crippen LogP contribution in [-0.4, -0.2) is 15.0 Å². The average molecular weight is 327 g/mol. The van der Waals surface area contributed by atoms with Crippen molar-refractivity contribution in [3.8, 4) is 0 Å². The minimum Gasteiger partial charge on any atom is -0.348 e. The van der Waals surface area contributed by atoms with Crippen LogP contribution in [0.25, 0.3) is 0 Å². The smallest absolute Gasteiger partial charge is 0.124 e. The van der Waals surface area contributed by atoms with Crippen LogP contribution in [0.15, 0.2) is 64.9 Å². The van der Waals surface area contributed by atoms with Gasteiger partial charge in [0, 0.05) is 40.5 Å². The SMILES string of the molecule is CC(C)C(c1ncc[nH]1)c1cnccc1Sc1cccc(F)c1. The highest BCUT2D eigenvalue weighted by molar-refractivity contribution is 7.99. The van der Waals surface area contributed by atoms with Gasteiger partial charge < -0.3 is 4.98 Å². The maximum absolute atomic E-state index is 13.4. The van der Waals surface area contributed by atoms with Gasteiger partial charge in [-0.3, -0.25) is 4.98 Å².